The van der Waals surface area contributed by atoms with Crippen LogP contribution in [0.4, 0.5) is 0 Å². The lowest BCUT2D eigenvalue weighted by Crippen LogP contribution is -2.41. The largest absolute Gasteiger partial charge is 0.396 e. The summed E-state index contributed by atoms with van der Waals surface area (Å²) in [5.74, 6) is 0. The Hall–Kier alpha value is -0.160. The first-order valence-corrected chi connectivity index (χ1v) is 4.80. The topological polar surface area (TPSA) is 50.7 Å². The first-order valence-electron chi connectivity index (χ1n) is 4.80. The molecule has 1 heterocycles. The van der Waals surface area contributed by atoms with Crippen LogP contribution in [0.2, 0.25) is 0 Å². The van der Waals surface area contributed by atoms with Crippen molar-refractivity contribution in [2.24, 2.45) is 0 Å². The lowest BCUT2D eigenvalue weighted by molar-refractivity contribution is 0.137. The van der Waals surface area contributed by atoms with Crippen LogP contribution in [0.25, 0.3) is 0 Å². The van der Waals surface area contributed by atoms with Crippen molar-refractivity contribution in [3.05, 3.63) is 0 Å². The van der Waals surface area contributed by atoms with Crippen molar-refractivity contribution >= 4 is 0 Å². The molecule has 0 spiro atoms. The molecule has 4 heteroatoms. The molecule has 1 saturated heterocycles. The summed E-state index contributed by atoms with van der Waals surface area (Å²) in [7, 11) is 1.68. The second-order valence-electron chi connectivity index (χ2n) is 3.39. The molecule has 78 valence electrons. The third-order valence-electron chi connectivity index (χ3n) is 2.25. The van der Waals surface area contributed by atoms with Gasteiger partial charge in [-0.3, -0.25) is 0 Å². The summed E-state index contributed by atoms with van der Waals surface area (Å²) in [4.78, 5) is 0. The molecule has 0 aromatic carbocycles. The van der Waals surface area contributed by atoms with Crippen molar-refractivity contribution in [1.29, 1.82) is 0 Å². The fraction of sp³-hybridized carbons (Fsp3) is 1.00. The Balaban J connectivity index is 2.19. The van der Waals surface area contributed by atoms with Gasteiger partial charge in [0, 0.05) is 32.4 Å². The molecule has 13 heavy (non-hydrogen) atoms. The smallest absolute Gasteiger partial charge is 0.0620 e. The Morgan fingerprint density at radius 1 is 1.69 bits per heavy atom. The van der Waals surface area contributed by atoms with Crippen molar-refractivity contribution in [3.8, 4) is 0 Å². The number of methoxy groups -OCH3 is 1. The Kier molecular flexibility index (Phi) is 5.31. The van der Waals surface area contributed by atoms with E-state index in [4.69, 9.17) is 14.6 Å². The SMILES string of the molecule is COCC(CCO)NC1CCOC1. The van der Waals surface area contributed by atoms with Crippen LogP contribution in [-0.2, 0) is 9.47 Å². The van der Waals surface area contributed by atoms with Gasteiger partial charge in [0.15, 0.2) is 0 Å². The molecule has 0 bridgehead atoms. The second kappa shape index (κ2) is 6.32. The maximum Gasteiger partial charge on any atom is 0.0620 e. The van der Waals surface area contributed by atoms with Crippen LogP contribution in [0.15, 0.2) is 0 Å². The van der Waals surface area contributed by atoms with Gasteiger partial charge in [0.25, 0.3) is 0 Å². The third-order valence-corrected chi connectivity index (χ3v) is 2.25. The molecule has 2 N–H and O–H groups in total. The van der Waals surface area contributed by atoms with Crippen molar-refractivity contribution in [2.45, 2.75) is 24.9 Å². The highest BCUT2D eigenvalue weighted by Crippen LogP contribution is 2.05. The number of hydrogen-bond acceptors (Lipinski definition) is 4. The van der Waals surface area contributed by atoms with Crippen LogP contribution in [0.5, 0.6) is 0 Å². The van der Waals surface area contributed by atoms with Gasteiger partial charge in [-0.2, -0.15) is 0 Å². The van der Waals surface area contributed by atoms with Gasteiger partial charge in [0.2, 0.25) is 0 Å². The van der Waals surface area contributed by atoms with Gasteiger partial charge < -0.3 is 19.9 Å². The van der Waals surface area contributed by atoms with E-state index in [1.165, 1.54) is 0 Å². The van der Waals surface area contributed by atoms with E-state index in [-0.39, 0.29) is 12.6 Å². The minimum atomic E-state index is 0.203. The number of aliphatic hydroxyl groups is 1. The van der Waals surface area contributed by atoms with E-state index >= 15 is 0 Å². The third kappa shape index (κ3) is 4.04. The highest BCUT2D eigenvalue weighted by atomic mass is 16.5. The first-order chi connectivity index (χ1) is 6.36. The zero-order valence-corrected chi connectivity index (χ0v) is 8.16. The zero-order chi connectivity index (χ0) is 9.52. The van der Waals surface area contributed by atoms with Gasteiger partial charge in [-0.1, -0.05) is 0 Å². The number of ether oxygens (including phenoxy) is 2. The molecule has 0 radical (unpaired) electrons. The maximum absolute atomic E-state index is 8.81. The number of rotatable bonds is 6. The van der Waals surface area contributed by atoms with Crippen molar-refractivity contribution < 1.29 is 14.6 Å². The van der Waals surface area contributed by atoms with E-state index in [0.29, 0.717) is 12.6 Å². The van der Waals surface area contributed by atoms with Crippen LogP contribution >= 0.6 is 0 Å². The lowest BCUT2D eigenvalue weighted by Gasteiger charge is -2.20. The van der Waals surface area contributed by atoms with Crippen LogP contribution in [0.1, 0.15) is 12.8 Å². The monoisotopic (exact) mass is 189 g/mol. The Morgan fingerprint density at radius 2 is 2.54 bits per heavy atom. The van der Waals surface area contributed by atoms with Crippen molar-refractivity contribution in [1.82, 2.24) is 5.32 Å². The van der Waals surface area contributed by atoms with Crippen LogP contribution in [-0.4, -0.2) is 50.7 Å². The molecule has 0 aromatic heterocycles. The normalized spacial score (nSPS) is 24.9. The molecular weight excluding hydrogens is 170 g/mol. The Labute approximate surface area is 79.2 Å². The summed E-state index contributed by atoms with van der Waals surface area (Å²) in [6, 6.07) is 0.688. The average Bonchev–Trinajstić information content (AvgIpc) is 2.58. The molecule has 1 aliphatic rings. The second-order valence-corrected chi connectivity index (χ2v) is 3.39. The molecule has 0 amide bonds. The molecule has 0 aliphatic carbocycles. The van der Waals surface area contributed by atoms with Gasteiger partial charge in [0.1, 0.15) is 0 Å². The molecule has 0 saturated carbocycles. The molecule has 0 aromatic rings. The Bertz CT molecular complexity index is 120. The van der Waals surface area contributed by atoms with E-state index < -0.39 is 0 Å². The van der Waals surface area contributed by atoms with Gasteiger partial charge in [-0.25, -0.2) is 0 Å². The van der Waals surface area contributed by atoms with E-state index in [2.05, 4.69) is 5.32 Å². The lowest BCUT2D eigenvalue weighted by atomic mass is 10.1. The van der Waals surface area contributed by atoms with Gasteiger partial charge >= 0.3 is 0 Å². The van der Waals surface area contributed by atoms with Crippen molar-refractivity contribution in [3.63, 3.8) is 0 Å². The van der Waals surface area contributed by atoms with E-state index in [9.17, 15) is 0 Å². The summed E-state index contributed by atoms with van der Waals surface area (Å²) >= 11 is 0. The summed E-state index contributed by atoms with van der Waals surface area (Å²) < 4.78 is 10.3. The van der Waals surface area contributed by atoms with E-state index in [0.717, 1.165) is 26.1 Å². The predicted molar refractivity (Wildman–Crippen MR) is 49.7 cm³/mol. The van der Waals surface area contributed by atoms with E-state index in [1.807, 2.05) is 0 Å². The number of aliphatic hydroxyl groups excluding tert-OH is 1. The van der Waals surface area contributed by atoms with Crippen LogP contribution < -0.4 is 5.32 Å². The zero-order valence-electron chi connectivity index (χ0n) is 8.16. The van der Waals surface area contributed by atoms with Gasteiger partial charge in [-0.05, 0) is 12.8 Å². The summed E-state index contributed by atoms with van der Waals surface area (Å²) in [6.45, 7) is 2.48. The summed E-state index contributed by atoms with van der Waals surface area (Å²) in [5.41, 5.74) is 0. The Morgan fingerprint density at radius 3 is 3.08 bits per heavy atom. The fourth-order valence-electron chi connectivity index (χ4n) is 1.57. The van der Waals surface area contributed by atoms with Gasteiger partial charge in [-0.15, -0.1) is 0 Å². The van der Waals surface area contributed by atoms with Crippen LogP contribution in [0.3, 0.4) is 0 Å². The average molecular weight is 189 g/mol. The van der Waals surface area contributed by atoms with Crippen LogP contribution in [0, 0.1) is 0 Å². The van der Waals surface area contributed by atoms with E-state index in [1.54, 1.807) is 7.11 Å². The molecule has 1 aliphatic heterocycles. The quantitative estimate of drug-likeness (QED) is 0.605. The van der Waals surface area contributed by atoms with Gasteiger partial charge in [0.05, 0.1) is 13.2 Å². The minimum Gasteiger partial charge on any atom is -0.396 e. The number of nitrogens with one attached hydrogen (secondary N) is 1. The first kappa shape index (κ1) is 10.9. The minimum absolute atomic E-state index is 0.203. The maximum atomic E-state index is 8.81. The highest BCUT2D eigenvalue weighted by Gasteiger charge is 2.19. The summed E-state index contributed by atoms with van der Waals surface area (Å²) in [6.07, 6.45) is 1.80. The molecule has 1 rings (SSSR count). The predicted octanol–water partition coefficient (Wildman–Crippen LogP) is -0.238. The molecule has 1 fully saturated rings. The molecule has 4 nitrogen and oxygen atoms in total. The number of hydrogen-bond donors (Lipinski definition) is 2. The molecule has 2 unspecified atom stereocenters. The summed E-state index contributed by atoms with van der Waals surface area (Å²) in [5, 5.41) is 12.2. The fourth-order valence-corrected chi connectivity index (χ4v) is 1.57. The molecular formula is C9H19NO3. The standard InChI is InChI=1S/C9H19NO3/c1-12-6-8(2-4-11)10-9-3-5-13-7-9/h8-11H,2-7H2,1H3. The van der Waals surface area contributed by atoms with Crippen molar-refractivity contribution in [2.75, 3.05) is 33.5 Å². The molecule has 2 atom stereocenters. The highest BCUT2D eigenvalue weighted by molar-refractivity contribution is 4.76.